The van der Waals surface area contributed by atoms with Gasteiger partial charge in [-0.25, -0.2) is 4.99 Å². The Morgan fingerprint density at radius 2 is 1.89 bits per heavy atom. The maximum absolute atomic E-state index is 5.35. The average molecular weight is 502 g/mol. The topological polar surface area (TPSA) is 80.9 Å². The van der Waals surface area contributed by atoms with Crippen molar-refractivity contribution in [3.8, 4) is 11.5 Å². The Balaban J connectivity index is 0.00000392. The van der Waals surface area contributed by atoms with Crippen molar-refractivity contribution >= 4 is 29.9 Å². The largest absolute Gasteiger partial charge is 0.493 e. The minimum Gasteiger partial charge on any atom is -0.493 e. The van der Waals surface area contributed by atoms with Crippen LogP contribution in [0.3, 0.4) is 0 Å². The molecule has 0 aliphatic heterocycles. The fraction of sp³-hybridized carbons (Fsp3) is 0.500. The van der Waals surface area contributed by atoms with Crippen LogP contribution in [0.25, 0.3) is 0 Å². The van der Waals surface area contributed by atoms with E-state index in [1.54, 1.807) is 14.2 Å². The molecule has 0 spiro atoms. The molecule has 0 aliphatic carbocycles. The first-order chi connectivity index (χ1) is 13.0. The highest BCUT2D eigenvalue weighted by Crippen LogP contribution is 2.27. The van der Waals surface area contributed by atoms with E-state index < -0.39 is 0 Å². The van der Waals surface area contributed by atoms with E-state index in [0.717, 1.165) is 41.6 Å². The molecule has 0 amide bonds. The van der Waals surface area contributed by atoms with Gasteiger partial charge in [0.2, 0.25) is 0 Å². The van der Waals surface area contributed by atoms with E-state index in [1.807, 2.05) is 39.0 Å². The summed E-state index contributed by atoms with van der Waals surface area (Å²) in [5, 5.41) is 10.7. The summed E-state index contributed by atoms with van der Waals surface area (Å²) in [5.41, 5.74) is 3.14. The van der Waals surface area contributed by atoms with E-state index in [2.05, 4.69) is 27.7 Å². The van der Waals surface area contributed by atoms with Crippen LogP contribution in [0.4, 0.5) is 0 Å². The maximum Gasteiger partial charge on any atom is 0.191 e. The van der Waals surface area contributed by atoms with Crippen molar-refractivity contribution in [1.82, 2.24) is 15.8 Å². The number of ether oxygens (including phenoxy) is 2. The van der Waals surface area contributed by atoms with Crippen LogP contribution >= 0.6 is 24.0 Å². The van der Waals surface area contributed by atoms with Crippen LogP contribution in [0.15, 0.2) is 27.7 Å². The number of guanidine groups is 1. The minimum atomic E-state index is 0. The van der Waals surface area contributed by atoms with Gasteiger partial charge < -0.3 is 24.6 Å². The third-order valence-corrected chi connectivity index (χ3v) is 4.37. The monoisotopic (exact) mass is 502 g/mol. The Morgan fingerprint density at radius 1 is 1.18 bits per heavy atom. The molecule has 2 rings (SSSR count). The van der Waals surface area contributed by atoms with Crippen LogP contribution in [0.5, 0.6) is 11.5 Å². The molecule has 7 nitrogen and oxygen atoms in total. The van der Waals surface area contributed by atoms with Gasteiger partial charge >= 0.3 is 0 Å². The quantitative estimate of drug-likeness (QED) is 0.325. The molecule has 1 unspecified atom stereocenters. The van der Waals surface area contributed by atoms with Crippen molar-refractivity contribution in [2.75, 3.05) is 27.3 Å². The molecule has 2 N–H and O–H groups in total. The van der Waals surface area contributed by atoms with Gasteiger partial charge in [-0.1, -0.05) is 18.1 Å². The zero-order valence-corrected chi connectivity index (χ0v) is 19.8. The number of aliphatic imine (C=N–C) groups is 1. The van der Waals surface area contributed by atoms with Gasteiger partial charge in [0, 0.05) is 24.6 Å². The second kappa shape index (κ2) is 11.8. The van der Waals surface area contributed by atoms with Crippen molar-refractivity contribution in [2.45, 2.75) is 40.2 Å². The fourth-order valence-electron chi connectivity index (χ4n) is 3.04. The predicted octanol–water partition coefficient (Wildman–Crippen LogP) is 3.79. The summed E-state index contributed by atoms with van der Waals surface area (Å²) in [7, 11) is 3.26. The number of halogens is 1. The van der Waals surface area contributed by atoms with Crippen molar-refractivity contribution in [3.63, 3.8) is 0 Å². The number of nitrogens with zero attached hydrogens (tertiary/aromatic N) is 2. The zero-order valence-electron chi connectivity index (χ0n) is 17.5. The molecule has 0 aliphatic rings. The lowest BCUT2D eigenvalue weighted by Crippen LogP contribution is -2.39. The lowest BCUT2D eigenvalue weighted by molar-refractivity contribution is 0.354. The highest BCUT2D eigenvalue weighted by Gasteiger charge is 2.16. The summed E-state index contributed by atoms with van der Waals surface area (Å²) in [4.78, 5) is 4.67. The molecule has 0 radical (unpaired) electrons. The zero-order chi connectivity index (χ0) is 19.8. The second-order valence-electron chi connectivity index (χ2n) is 6.40. The van der Waals surface area contributed by atoms with Gasteiger partial charge in [0.1, 0.15) is 5.76 Å². The molecule has 1 aromatic heterocycles. The molecule has 1 atom stereocenters. The highest BCUT2D eigenvalue weighted by atomic mass is 127. The molecule has 2 aromatic rings. The number of aryl methyl sites for hydroxylation is 2. The number of benzene rings is 1. The van der Waals surface area contributed by atoms with Crippen molar-refractivity contribution in [3.05, 3.63) is 40.8 Å². The summed E-state index contributed by atoms with van der Waals surface area (Å²) in [5.74, 6) is 3.32. The molecule has 0 saturated heterocycles. The Hall–Kier alpha value is -1.97. The summed E-state index contributed by atoms with van der Waals surface area (Å²) in [6.07, 6.45) is 0. The summed E-state index contributed by atoms with van der Waals surface area (Å²) in [6, 6.07) is 5.82. The first-order valence-electron chi connectivity index (χ1n) is 9.15. The predicted molar refractivity (Wildman–Crippen MR) is 122 cm³/mol. The van der Waals surface area contributed by atoms with Gasteiger partial charge in [0.25, 0.3) is 0 Å². The molecular weight excluding hydrogens is 471 g/mol. The molecule has 0 fully saturated rings. The molecule has 8 heteroatoms. The van der Waals surface area contributed by atoms with E-state index in [9.17, 15) is 0 Å². The van der Waals surface area contributed by atoms with Crippen LogP contribution in [0.2, 0.25) is 0 Å². The number of rotatable bonds is 8. The SMILES string of the molecule is CCNC(=NCc1ccc(OC)c(OC)c1)NCC(C)c1c(C)noc1C.I. The molecule has 1 aromatic carbocycles. The Labute approximate surface area is 184 Å². The summed E-state index contributed by atoms with van der Waals surface area (Å²) >= 11 is 0. The first kappa shape index (κ1) is 24.1. The van der Waals surface area contributed by atoms with Crippen LogP contribution < -0.4 is 20.1 Å². The molecule has 0 saturated carbocycles. The number of hydrogen-bond acceptors (Lipinski definition) is 5. The van der Waals surface area contributed by atoms with Crippen LogP contribution in [-0.2, 0) is 6.54 Å². The number of hydrogen-bond donors (Lipinski definition) is 2. The Morgan fingerprint density at radius 3 is 2.46 bits per heavy atom. The highest BCUT2D eigenvalue weighted by molar-refractivity contribution is 14.0. The van der Waals surface area contributed by atoms with Gasteiger partial charge in [-0.2, -0.15) is 0 Å². The Bertz CT molecular complexity index is 757. The van der Waals surface area contributed by atoms with E-state index in [4.69, 9.17) is 14.0 Å². The molecule has 156 valence electrons. The smallest absolute Gasteiger partial charge is 0.191 e. The lowest BCUT2D eigenvalue weighted by atomic mass is 10.00. The standard InChI is InChI=1S/C20H30N4O3.HI/c1-7-21-20(22-11-13(2)19-14(3)24-27-15(19)4)23-12-16-8-9-17(25-5)18(10-16)26-6;/h8-10,13H,7,11-12H2,1-6H3,(H2,21,22,23);1H. The van der Waals surface area contributed by atoms with Gasteiger partial charge in [-0.15, -0.1) is 24.0 Å². The van der Waals surface area contributed by atoms with Crippen molar-refractivity contribution in [2.24, 2.45) is 4.99 Å². The number of nitrogens with one attached hydrogen (secondary N) is 2. The van der Waals surface area contributed by atoms with Gasteiger partial charge in [-0.3, -0.25) is 0 Å². The van der Waals surface area contributed by atoms with E-state index in [1.165, 1.54) is 0 Å². The van der Waals surface area contributed by atoms with E-state index in [-0.39, 0.29) is 29.9 Å². The second-order valence-corrected chi connectivity index (χ2v) is 6.40. The Kier molecular flexibility index (Phi) is 10.1. The molecule has 28 heavy (non-hydrogen) atoms. The van der Waals surface area contributed by atoms with Crippen LogP contribution in [0, 0.1) is 13.8 Å². The van der Waals surface area contributed by atoms with Crippen molar-refractivity contribution in [1.29, 1.82) is 0 Å². The van der Waals surface area contributed by atoms with Gasteiger partial charge in [0.05, 0.1) is 26.5 Å². The van der Waals surface area contributed by atoms with Crippen LogP contribution in [-0.4, -0.2) is 38.4 Å². The maximum atomic E-state index is 5.35. The lowest BCUT2D eigenvalue weighted by Gasteiger charge is -2.16. The van der Waals surface area contributed by atoms with Crippen LogP contribution in [0.1, 0.15) is 42.3 Å². The van der Waals surface area contributed by atoms with E-state index in [0.29, 0.717) is 18.0 Å². The first-order valence-corrected chi connectivity index (χ1v) is 9.15. The molecule has 1 heterocycles. The van der Waals surface area contributed by atoms with Crippen molar-refractivity contribution < 1.29 is 14.0 Å². The van der Waals surface area contributed by atoms with Gasteiger partial charge in [0.15, 0.2) is 17.5 Å². The molecular formula is C20H31IN4O3. The summed E-state index contributed by atoms with van der Waals surface area (Å²) in [6.45, 7) is 10.2. The normalized spacial score (nSPS) is 12.1. The third-order valence-electron chi connectivity index (χ3n) is 4.37. The van der Waals surface area contributed by atoms with Gasteiger partial charge in [-0.05, 0) is 38.5 Å². The fourth-order valence-corrected chi connectivity index (χ4v) is 3.04. The average Bonchev–Trinajstić information content (AvgIpc) is 3.01. The number of methoxy groups -OCH3 is 2. The summed E-state index contributed by atoms with van der Waals surface area (Å²) < 4.78 is 15.9. The van der Waals surface area contributed by atoms with E-state index >= 15 is 0 Å². The minimum absolute atomic E-state index is 0. The number of aromatic nitrogens is 1. The third kappa shape index (κ3) is 6.29. The molecule has 0 bridgehead atoms.